The van der Waals surface area contributed by atoms with E-state index < -0.39 is 5.60 Å². The quantitative estimate of drug-likeness (QED) is 0.846. The highest BCUT2D eigenvalue weighted by Gasteiger charge is 2.31. The largest absolute Gasteiger partial charge is 0.497 e. The maximum Gasteiger partial charge on any atom is 0.122 e. The van der Waals surface area contributed by atoms with Crippen molar-refractivity contribution < 1.29 is 14.2 Å². The first-order valence-corrected chi connectivity index (χ1v) is 6.04. The molecule has 1 aromatic rings. The molecular weight excluding hydrogens is 230 g/mol. The average Bonchev–Trinajstić information content (AvgIpc) is 2.44. The van der Waals surface area contributed by atoms with Crippen molar-refractivity contribution in [3.63, 3.8) is 0 Å². The molecule has 1 rings (SSSR count). The molecular formula is C14H23NO3. The minimum Gasteiger partial charge on any atom is -0.497 e. The molecule has 102 valence electrons. The van der Waals surface area contributed by atoms with Crippen molar-refractivity contribution >= 4 is 0 Å². The standard InChI is InChI=1S/C14H23NO3/c1-6-14(2,18-5)13(15)10-7-11(16-3)9-12(8-10)17-4/h7-9,13H,6,15H2,1-5H3. The van der Waals surface area contributed by atoms with Crippen LogP contribution in [0.4, 0.5) is 0 Å². The first kappa shape index (κ1) is 14.8. The Bertz CT molecular complexity index is 366. The van der Waals surface area contributed by atoms with Crippen molar-refractivity contribution in [2.24, 2.45) is 5.73 Å². The smallest absolute Gasteiger partial charge is 0.122 e. The Balaban J connectivity index is 3.15. The van der Waals surface area contributed by atoms with Crippen LogP contribution in [0.5, 0.6) is 11.5 Å². The summed E-state index contributed by atoms with van der Waals surface area (Å²) in [6.07, 6.45) is 0.824. The number of hydrogen-bond acceptors (Lipinski definition) is 4. The first-order valence-electron chi connectivity index (χ1n) is 6.04. The number of ether oxygens (including phenoxy) is 3. The van der Waals surface area contributed by atoms with Gasteiger partial charge in [-0.15, -0.1) is 0 Å². The minimum atomic E-state index is -0.405. The van der Waals surface area contributed by atoms with Gasteiger partial charge in [-0.2, -0.15) is 0 Å². The van der Waals surface area contributed by atoms with E-state index in [2.05, 4.69) is 6.92 Å². The topological polar surface area (TPSA) is 53.7 Å². The lowest BCUT2D eigenvalue weighted by Crippen LogP contribution is -2.39. The molecule has 0 aromatic heterocycles. The Morgan fingerprint density at radius 2 is 1.61 bits per heavy atom. The van der Waals surface area contributed by atoms with E-state index in [1.165, 1.54) is 0 Å². The van der Waals surface area contributed by atoms with Crippen LogP contribution in [0.15, 0.2) is 18.2 Å². The maximum atomic E-state index is 6.31. The van der Waals surface area contributed by atoms with Crippen molar-refractivity contribution in [3.05, 3.63) is 23.8 Å². The van der Waals surface area contributed by atoms with Crippen LogP contribution in [0, 0.1) is 0 Å². The maximum absolute atomic E-state index is 6.31. The molecule has 0 bridgehead atoms. The Kier molecular flexibility index (Phi) is 4.99. The molecule has 0 aliphatic carbocycles. The molecule has 4 nitrogen and oxygen atoms in total. The summed E-state index contributed by atoms with van der Waals surface area (Å²) in [5.41, 5.74) is 6.84. The van der Waals surface area contributed by atoms with E-state index in [-0.39, 0.29) is 6.04 Å². The van der Waals surface area contributed by atoms with E-state index in [0.29, 0.717) is 0 Å². The molecule has 0 aliphatic rings. The van der Waals surface area contributed by atoms with Gasteiger partial charge in [0.2, 0.25) is 0 Å². The highest BCUT2D eigenvalue weighted by molar-refractivity contribution is 5.40. The van der Waals surface area contributed by atoms with Gasteiger partial charge in [0.05, 0.1) is 25.9 Å². The third-order valence-electron chi connectivity index (χ3n) is 3.56. The van der Waals surface area contributed by atoms with E-state index in [1.807, 2.05) is 25.1 Å². The lowest BCUT2D eigenvalue weighted by molar-refractivity contribution is -0.0195. The summed E-state index contributed by atoms with van der Waals surface area (Å²) in [6.45, 7) is 4.06. The van der Waals surface area contributed by atoms with Crippen molar-refractivity contribution in [2.75, 3.05) is 21.3 Å². The van der Waals surface area contributed by atoms with Crippen LogP contribution in [0.3, 0.4) is 0 Å². The van der Waals surface area contributed by atoms with Gasteiger partial charge >= 0.3 is 0 Å². The second-order valence-corrected chi connectivity index (χ2v) is 4.49. The van der Waals surface area contributed by atoms with Crippen LogP contribution in [-0.4, -0.2) is 26.9 Å². The highest BCUT2D eigenvalue weighted by Crippen LogP contribution is 2.33. The zero-order chi connectivity index (χ0) is 13.8. The highest BCUT2D eigenvalue weighted by atomic mass is 16.5. The van der Waals surface area contributed by atoms with E-state index in [9.17, 15) is 0 Å². The summed E-state index contributed by atoms with van der Waals surface area (Å²) in [7, 11) is 4.93. The molecule has 0 heterocycles. The van der Waals surface area contributed by atoms with E-state index in [1.54, 1.807) is 21.3 Å². The second-order valence-electron chi connectivity index (χ2n) is 4.49. The van der Waals surface area contributed by atoms with Crippen molar-refractivity contribution in [1.29, 1.82) is 0 Å². The third-order valence-corrected chi connectivity index (χ3v) is 3.56. The summed E-state index contributed by atoms with van der Waals surface area (Å²) in [4.78, 5) is 0. The normalized spacial score (nSPS) is 15.9. The number of methoxy groups -OCH3 is 3. The minimum absolute atomic E-state index is 0.239. The molecule has 2 unspecified atom stereocenters. The molecule has 18 heavy (non-hydrogen) atoms. The fraction of sp³-hybridized carbons (Fsp3) is 0.571. The van der Waals surface area contributed by atoms with Gasteiger partial charge in [0.1, 0.15) is 11.5 Å². The molecule has 1 aromatic carbocycles. The van der Waals surface area contributed by atoms with Gasteiger partial charge < -0.3 is 19.9 Å². The monoisotopic (exact) mass is 253 g/mol. The van der Waals surface area contributed by atoms with Crippen LogP contribution in [-0.2, 0) is 4.74 Å². The van der Waals surface area contributed by atoms with Crippen LogP contribution in [0.1, 0.15) is 31.9 Å². The van der Waals surface area contributed by atoms with Crippen LogP contribution < -0.4 is 15.2 Å². The SMILES string of the molecule is CCC(C)(OC)C(N)c1cc(OC)cc(OC)c1. The Labute approximate surface area is 109 Å². The number of benzene rings is 1. The average molecular weight is 253 g/mol. The second kappa shape index (κ2) is 6.07. The predicted octanol–water partition coefficient (Wildman–Crippen LogP) is 2.52. The van der Waals surface area contributed by atoms with Gasteiger partial charge in [0.25, 0.3) is 0 Å². The Morgan fingerprint density at radius 1 is 1.11 bits per heavy atom. The third kappa shape index (κ3) is 2.94. The van der Waals surface area contributed by atoms with E-state index in [0.717, 1.165) is 23.5 Å². The first-order chi connectivity index (χ1) is 8.50. The molecule has 4 heteroatoms. The number of nitrogens with two attached hydrogens (primary N) is 1. The lowest BCUT2D eigenvalue weighted by atomic mass is 9.88. The van der Waals surface area contributed by atoms with Gasteiger partial charge in [0.15, 0.2) is 0 Å². The number of hydrogen-bond donors (Lipinski definition) is 1. The van der Waals surface area contributed by atoms with Gasteiger partial charge in [-0.1, -0.05) is 6.92 Å². The summed E-state index contributed by atoms with van der Waals surface area (Å²) in [5.74, 6) is 1.46. The van der Waals surface area contributed by atoms with Gasteiger partial charge in [-0.3, -0.25) is 0 Å². The van der Waals surface area contributed by atoms with Gasteiger partial charge in [0, 0.05) is 13.2 Å². The fourth-order valence-corrected chi connectivity index (χ4v) is 1.85. The summed E-state index contributed by atoms with van der Waals surface area (Å²) >= 11 is 0. The molecule has 0 fully saturated rings. The molecule has 2 N–H and O–H groups in total. The fourth-order valence-electron chi connectivity index (χ4n) is 1.85. The molecule has 0 amide bonds. The Hall–Kier alpha value is -1.26. The molecule has 2 atom stereocenters. The Morgan fingerprint density at radius 3 is 1.94 bits per heavy atom. The number of rotatable bonds is 6. The lowest BCUT2D eigenvalue weighted by Gasteiger charge is -2.33. The van der Waals surface area contributed by atoms with Gasteiger partial charge in [-0.05, 0) is 31.0 Å². The zero-order valence-corrected chi connectivity index (χ0v) is 11.8. The summed E-state index contributed by atoms with van der Waals surface area (Å²) < 4.78 is 16.0. The van der Waals surface area contributed by atoms with Crippen molar-refractivity contribution in [3.8, 4) is 11.5 Å². The predicted molar refractivity (Wildman–Crippen MR) is 72.2 cm³/mol. The summed E-state index contributed by atoms with van der Waals surface area (Å²) in [6, 6.07) is 5.42. The van der Waals surface area contributed by atoms with Crippen LogP contribution in [0.2, 0.25) is 0 Å². The summed E-state index contributed by atoms with van der Waals surface area (Å²) in [5, 5.41) is 0. The van der Waals surface area contributed by atoms with Crippen molar-refractivity contribution in [2.45, 2.75) is 31.9 Å². The van der Waals surface area contributed by atoms with Crippen molar-refractivity contribution in [1.82, 2.24) is 0 Å². The molecule has 0 saturated heterocycles. The van der Waals surface area contributed by atoms with E-state index >= 15 is 0 Å². The van der Waals surface area contributed by atoms with E-state index in [4.69, 9.17) is 19.9 Å². The molecule has 0 spiro atoms. The van der Waals surface area contributed by atoms with Crippen LogP contribution >= 0.6 is 0 Å². The zero-order valence-electron chi connectivity index (χ0n) is 11.8. The molecule has 0 aliphatic heterocycles. The molecule has 0 radical (unpaired) electrons. The molecule has 0 saturated carbocycles. The van der Waals surface area contributed by atoms with Gasteiger partial charge in [-0.25, -0.2) is 0 Å². The van der Waals surface area contributed by atoms with Crippen LogP contribution in [0.25, 0.3) is 0 Å².